The van der Waals surface area contributed by atoms with Crippen LogP contribution in [0.2, 0.25) is 0 Å². The van der Waals surface area contributed by atoms with Crippen LogP contribution < -0.4 is 5.32 Å². The molecule has 1 atom stereocenters. The molecule has 1 N–H and O–H groups in total. The molecule has 0 aliphatic carbocycles. The SMILES string of the molecule is O=C1Nc2ccccc2C1N1CCOCC1. The number of anilines is 1. The lowest BCUT2D eigenvalue weighted by Crippen LogP contribution is -2.41. The van der Waals surface area contributed by atoms with Crippen molar-refractivity contribution in [2.24, 2.45) is 0 Å². The Morgan fingerprint density at radius 2 is 2.00 bits per heavy atom. The van der Waals surface area contributed by atoms with Crippen molar-refractivity contribution in [3.05, 3.63) is 29.8 Å². The van der Waals surface area contributed by atoms with Crippen LogP contribution in [0, 0.1) is 0 Å². The average molecular weight is 218 g/mol. The van der Waals surface area contributed by atoms with Crippen LogP contribution in [-0.2, 0) is 9.53 Å². The van der Waals surface area contributed by atoms with Gasteiger partial charge in [-0.15, -0.1) is 0 Å². The molecule has 0 radical (unpaired) electrons. The van der Waals surface area contributed by atoms with Gasteiger partial charge in [-0.25, -0.2) is 0 Å². The highest BCUT2D eigenvalue weighted by molar-refractivity contribution is 6.02. The number of morpholine rings is 1. The van der Waals surface area contributed by atoms with Crippen molar-refractivity contribution in [2.45, 2.75) is 6.04 Å². The van der Waals surface area contributed by atoms with Crippen molar-refractivity contribution in [1.29, 1.82) is 0 Å². The van der Waals surface area contributed by atoms with Crippen LogP contribution in [0.4, 0.5) is 5.69 Å². The molecule has 2 aliphatic rings. The van der Waals surface area contributed by atoms with Gasteiger partial charge in [0.1, 0.15) is 6.04 Å². The van der Waals surface area contributed by atoms with Gasteiger partial charge in [0.15, 0.2) is 0 Å². The van der Waals surface area contributed by atoms with Crippen LogP contribution in [0.15, 0.2) is 24.3 Å². The van der Waals surface area contributed by atoms with E-state index in [-0.39, 0.29) is 11.9 Å². The van der Waals surface area contributed by atoms with E-state index in [0.717, 1.165) is 24.3 Å². The van der Waals surface area contributed by atoms with E-state index in [0.29, 0.717) is 13.2 Å². The zero-order valence-corrected chi connectivity index (χ0v) is 8.98. The Balaban J connectivity index is 1.92. The molecule has 1 amide bonds. The highest BCUT2D eigenvalue weighted by atomic mass is 16.5. The van der Waals surface area contributed by atoms with Crippen LogP contribution in [0.1, 0.15) is 11.6 Å². The quantitative estimate of drug-likeness (QED) is 0.765. The topological polar surface area (TPSA) is 41.6 Å². The van der Waals surface area contributed by atoms with E-state index in [1.165, 1.54) is 0 Å². The molecule has 0 bridgehead atoms. The summed E-state index contributed by atoms with van der Waals surface area (Å²) in [6, 6.07) is 7.77. The summed E-state index contributed by atoms with van der Waals surface area (Å²) in [6.07, 6.45) is 0. The molecule has 4 heteroatoms. The summed E-state index contributed by atoms with van der Waals surface area (Å²) in [4.78, 5) is 14.1. The first-order chi connectivity index (χ1) is 7.86. The number of hydrogen-bond acceptors (Lipinski definition) is 3. The minimum Gasteiger partial charge on any atom is -0.379 e. The maximum absolute atomic E-state index is 11.9. The Hall–Kier alpha value is -1.39. The second-order valence-electron chi connectivity index (χ2n) is 4.13. The summed E-state index contributed by atoms with van der Waals surface area (Å²) in [5.74, 6) is 0.0862. The fourth-order valence-electron chi connectivity index (χ4n) is 2.39. The van der Waals surface area contributed by atoms with E-state index in [2.05, 4.69) is 10.2 Å². The van der Waals surface area contributed by atoms with Crippen LogP contribution in [-0.4, -0.2) is 37.1 Å². The smallest absolute Gasteiger partial charge is 0.246 e. The molecular weight excluding hydrogens is 204 g/mol. The van der Waals surface area contributed by atoms with Gasteiger partial charge in [0.2, 0.25) is 5.91 Å². The Bertz CT molecular complexity index is 413. The fourth-order valence-corrected chi connectivity index (χ4v) is 2.39. The number of nitrogens with zero attached hydrogens (tertiary/aromatic N) is 1. The molecule has 0 aromatic heterocycles. The number of ether oxygens (including phenoxy) is 1. The number of para-hydroxylation sites is 1. The van der Waals surface area contributed by atoms with Crippen molar-refractivity contribution in [3.8, 4) is 0 Å². The first kappa shape index (κ1) is 9.81. The molecule has 16 heavy (non-hydrogen) atoms. The predicted molar refractivity (Wildman–Crippen MR) is 60.2 cm³/mol. The molecule has 3 rings (SSSR count). The highest BCUT2D eigenvalue weighted by Gasteiger charge is 2.35. The third kappa shape index (κ3) is 1.50. The molecule has 0 saturated carbocycles. The first-order valence-corrected chi connectivity index (χ1v) is 5.58. The molecule has 0 spiro atoms. The molecule has 1 saturated heterocycles. The molecule has 4 nitrogen and oxygen atoms in total. The summed E-state index contributed by atoms with van der Waals surface area (Å²) in [7, 11) is 0. The lowest BCUT2D eigenvalue weighted by atomic mass is 10.1. The maximum atomic E-state index is 11.9. The number of benzene rings is 1. The number of rotatable bonds is 1. The Morgan fingerprint density at radius 3 is 2.81 bits per heavy atom. The van der Waals surface area contributed by atoms with Gasteiger partial charge in [0.05, 0.1) is 13.2 Å². The van der Waals surface area contributed by atoms with Gasteiger partial charge in [-0.05, 0) is 6.07 Å². The average Bonchev–Trinajstić information content (AvgIpc) is 2.66. The van der Waals surface area contributed by atoms with Crippen LogP contribution in [0.3, 0.4) is 0 Å². The van der Waals surface area contributed by atoms with E-state index >= 15 is 0 Å². The maximum Gasteiger partial charge on any atom is 0.246 e. The number of amides is 1. The van der Waals surface area contributed by atoms with Crippen LogP contribution in [0.25, 0.3) is 0 Å². The molecule has 1 fully saturated rings. The van der Waals surface area contributed by atoms with Gasteiger partial charge in [-0.3, -0.25) is 9.69 Å². The molecular formula is C12H14N2O2. The van der Waals surface area contributed by atoms with Crippen LogP contribution >= 0.6 is 0 Å². The zero-order chi connectivity index (χ0) is 11.0. The predicted octanol–water partition coefficient (Wildman–Crippen LogP) is 1.01. The first-order valence-electron chi connectivity index (χ1n) is 5.58. The van der Waals surface area contributed by atoms with Crippen LogP contribution in [0.5, 0.6) is 0 Å². The molecule has 1 aromatic carbocycles. The monoisotopic (exact) mass is 218 g/mol. The number of nitrogens with one attached hydrogen (secondary N) is 1. The lowest BCUT2D eigenvalue weighted by Gasteiger charge is -2.30. The van der Waals surface area contributed by atoms with Crippen molar-refractivity contribution >= 4 is 11.6 Å². The van der Waals surface area contributed by atoms with Crippen molar-refractivity contribution in [1.82, 2.24) is 4.90 Å². The van der Waals surface area contributed by atoms with Gasteiger partial charge in [-0.1, -0.05) is 18.2 Å². The Kier molecular flexibility index (Phi) is 2.38. The third-order valence-electron chi connectivity index (χ3n) is 3.17. The normalized spacial score (nSPS) is 25.2. The summed E-state index contributed by atoms with van der Waals surface area (Å²) < 4.78 is 5.31. The van der Waals surface area contributed by atoms with E-state index in [1.54, 1.807) is 0 Å². The Labute approximate surface area is 94.2 Å². The van der Waals surface area contributed by atoms with Gasteiger partial charge in [0, 0.05) is 24.3 Å². The fraction of sp³-hybridized carbons (Fsp3) is 0.417. The van der Waals surface area contributed by atoms with Gasteiger partial charge >= 0.3 is 0 Å². The lowest BCUT2D eigenvalue weighted by molar-refractivity contribution is -0.122. The third-order valence-corrected chi connectivity index (χ3v) is 3.17. The number of carbonyl (C=O) groups is 1. The second-order valence-corrected chi connectivity index (χ2v) is 4.13. The minimum atomic E-state index is -0.125. The summed E-state index contributed by atoms with van der Waals surface area (Å²) in [6.45, 7) is 3.08. The largest absolute Gasteiger partial charge is 0.379 e. The summed E-state index contributed by atoms with van der Waals surface area (Å²) in [5, 5.41) is 2.92. The van der Waals surface area contributed by atoms with E-state index < -0.39 is 0 Å². The van der Waals surface area contributed by atoms with E-state index in [9.17, 15) is 4.79 Å². The summed E-state index contributed by atoms with van der Waals surface area (Å²) >= 11 is 0. The van der Waals surface area contributed by atoms with Crippen molar-refractivity contribution in [2.75, 3.05) is 31.6 Å². The van der Waals surface area contributed by atoms with Crippen molar-refractivity contribution in [3.63, 3.8) is 0 Å². The Morgan fingerprint density at radius 1 is 1.25 bits per heavy atom. The summed E-state index contributed by atoms with van der Waals surface area (Å²) in [5.41, 5.74) is 2.04. The van der Waals surface area contributed by atoms with Gasteiger partial charge in [0.25, 0.3) is 0 Å². The zero-order valence-electron chi connectivity index (χ0n) is 8.98. The molecule has 1 aromatic rings. The number of fused-ring (bicyclic) bond motifs is 1. The number of hydrogen-bond donors (Lipinski definition) is 1. The molecule has 1 unspecified atom stereocenters. The van der Waals surface area contributed by atoms with Gasteiger partial charge < -0.3 is 10.1 Å². The standard InChI is InChI=1S/C12H14N2O2/c15-12-11(14-5-7-16-8-6-14)9-3-1-2-4-10(9)13-12/h1-4,11H,5-8H2,(H,13,15). The van der Waals surface area contributed by atoms with Crippen molar-refractivity contribution < 1.29 is 9.53 Å². The number of carbonyl (C=O) groups excluding carboxylic acids is 1. The van der Waals surface area contributed by atoms with E-state index in [1.807, 2.05) is 24.3 Å². The van der Waals surface area contributed by atoms with E-state index in [4.69, 9.17) is 4.74 Å². The molecule has 2 aliphatic heterocycles. The minimum absolute atomic E-state index is 0.0862. The van der Waals surface area contributed by atoms with Gasteiger partial charge in [-0.2, -0.15) is 0 Å². The molecule has 84 valence electrons. The highest BCUT2D eigenvalue weighted by Crippen LogP contribution is 2.34. The molecule has 2 heterocycles. The second kappa shape index (κ2) is 3.88.